The molecule has 0 bridgehead atoms. The molecule has 3 rings (SSSR count). The highest BCUT2D eigenvalue weighted by molar-refractivity contribution is 4.93. The molecule has 0 amide bonds. The van der Waals surface area contributed by atoms with Crippen LogP contribution in [0.5, 0.6) is 0 Å². The van der Waals surface area contributed by atoms with Crippen molar-refractivity contribution in [2.75, 3.05) is 13.2 Å². The maximum atomic E-state index is 11.4. The normalized spacial score (nSPS) is 29.0. The standard InChI is InChI=1S/C40H78N2O8/c1-2-3-4-5-6-7-8-9-10-15-18-21-24-34(44)36(45)32(29-49-40-39(48)38(47)37(46)35(28-43)50-40)33-27-31(41-42-33)23-20-17-14-12-11-13-16-19-22-30-25-26-30/h30-48H,2-29H2,1H3/t31?,32-,33?,34-,35?,36+,37?,38?,39?,40?/m1/s1. The summed E-state index contributed by atoms with van der Waals surface area (Å²) in [7, 11) is 0. The van der Waals surface area contributed by atoms with Crippen molar-refractivity contribution in [2.45, 2.75) is 229 Å². The lowest BCUT2D eigenvalue weighted by Gasteiger charge is -2.40. The van der Waals surface area contributed by atoms with Crippen LogP contribution in [0, 0.1) is 11.8 Å². The first kappa shape index (κ1) is 44.0. The third-order valence-electron chi connectivity index (χ3n) is 11.6. The molecular weight excluding hydrogens is 636 g/mol. The maximum absolute atomic E-state index is 11.4. The topological polar surface area (TPSA) is 164 Å². The van der Waals surface area contributed by atoms with Crippen LogP contribution in [-0.4, -0.2) is 98.9 Å². The zero-order chi connectivity index (χ0) is 36.0. The van der Waals surface area contributed by atoms with Crippen molar-refractivity contribution >= 4 is 0 Å². The number of nitrogens with one attached hydrogen (secondary N) is 2. The Morgan fingerprint density at radius 2 is 1.20 bits per heavy atom. The second-order valence-corrected chi connectivity index (χ2v) is 16.1. The summed E-state index contributed by atoms with van der Waals surface area (Å²) in [5.74, 6) is 0.544. The van der Waals surface area contributed by atoms with Gasteiger partial charge in [-0.3, -0.25) is 10.9 Å². The Bertz CT molecular complexity index is 820. The van der Waals surface area contributed by atoms with E-state index >= 15 is 0 Å². The first-order chi connectivity index (χ1) is 24.3. The van der Waals surface area contributed by atoms with Gasteiger partial charge in [-0.15, -0.1) is 0 Å². The molecule has 0 aromatic carbocycles. The van der Waals surface area contributed by atoms with Crippen molar-refractivity contribution in [3.8, 4) is 0 Å². The third-order valence-corrected chi connectivity index (χ3v) is 11.6. The molecule has 2 heterocycles. The van der Waals surface area contributed by atoms with E-state index in [1.807, 2.05) is 0 Å². The number of ether oxygens (including phenoxy) is 2. The van der Waals surface area contributed by atoms with E-state index in [-0.39, 0.29) is 18.7 Å². The van der Waals surface area contributed by atoms with E-state index in [1.165, 1.54) is 122 Å². The van der Waals surface area contributed by atoms with Gasteiger partial charge in [-0.1, -0.05) is 155 Å². The van der Waals surface area contributed by atoms with Crippen LogP contribution in [0.25, 0.3) is 0 Å². The molecule has 0 radical (unpaired) electrons. The molecule has 3 fully saturated rings. The minimum absolute atomic E-state index is 0.0356. The first-order valence-electron chi connectivity index (χ1n) is 21.1. The number of rotatable bonds is 31. The molecule has 0 aromatic heterocycles. The zero-order valence-corrected chi connectivity index (χ0v) is 31.6. The van der Waals surface area contributed by atoms with E-state index in [1.54, 1.807) is 0 Å². The molecule has 0 spiro atoms. The minimum Gasteiger partial charge on any atom is -0.394 e. The Morgan fingerprint density at radius 1 is 0.660 bits per heavy atom. The van der Waals surface area contributed by atoms with Gasteiger partial charge in [0.15, 0.2) is 6.29 Å². The quantitative estimate of drug-likeness (QED) is 0.0413. The Hall–Kier alpha value is -0.400. The highest BCUT2D eigenvalue weighted by atomic mass is 16.7. The van der Waals surface area contributed by atoms with Crippen LogP contribution in [0.4, 0.5) is 0 Å². The van der Waals surface area contributed by atoms with E-state index in [9.17, 15) is 30.6 Å². The molecule has 8 N–H and O–H groups in total. The van der Waals surface area contributed by atoms with Crippen LogP contribution in [0.3, 0.4) is 0 Å². The van der Waals surface area contributed by atoms with Crippen LogP contribution in [0.2, 0.25) is 0 Å². The fourth-order valence-electron chi connectivity index (χ4n) is 7.93. The first-order valence-corrected chi connectivity index (χ1v) is 21.1. The number of hydrogen-bond acceptors (Lipinski definition) is 10. The Kier molecular flexibility index (Phi) is 23.2. The SMILES string of the molecule is CCCCCCCCCCCCCC[C@@H](O)[C@@H](O)[C@H](COC1OC(CO)C(O)C(O)C1O)C1CC(CCCCCCCCCCC2CC2)NN1. The number of hydrogen-bond donors (Lipinski definition) is 8. The zero-order valence-electron chi connectivity index (χ0n) is 31.6. The van der Waals surface area contributed by atoms with E-state index in [0.29, 0.717) is 6.42 Å². The lowest BCUT2D eigenvalue weighted by molar-refractivity contribution is -0.305. The predicted molar refractivity (Wildman–Crippen MR) is 198 cm³/mol. The summed E-state index contributed by atoms with van der Waals surface area (Å²) in [6.07, 6.45) is 23.1. The Labute approximate surface area is 304 Å². The second-order valence-electron chi connectivity index (χ2n) is 16.1. The summed E-state index contributed by atoms with van der Waals surface area (Å²) in [6.45, 7) is 1.68. The number of unbranched alkanes of at least 4 members (excludes halogenated alkanes) is 18. The van der Waals surface area contributed by atoms with E-state index in [2.05, 4.69) is 17.8 Å². The third kappa shape index (κ3) is 17.2. The molecular formula is C40H78N2O8. The highest BCUT2D eigenvalue weighted by Crippen LogP contribution is 2.34. The van der Waals surface area contributed by atoms with Gasteiger partial charge in [0.05, 0.1) is 25.4 Å². The summed E-state index contributed by atoms with van der Waals surface area (Å²) in [6, 6.07) is 0.0741. The summed E-state index contributed by atoms with van der Waals surface area (Å²) in [5.41, 5.74) is 6.76. The second kappa shape index (κ2) is 26.4. The van der Waals surface area contributed by atoms with Crippen molar-refractivity contribution in [3.63, 3.8) is 0 Å². The fourth-order valence-corrected chi connectivity index (χ4v) is 7.93. The molecule has 0 aromatic rings. The largest absolute Gasteiger partial charge is 0.394 e. The van der Waals surface area contributed by atoms with Gasteiger partial charge >= 0.3 is 0 Å². The summed E-state index contributed by atoms with van der Waals surface area (Å²) in [5, 5.41) is 63.1. The predicted octanol–water partition coefficient (Wildman–Crippen LogP) is 5.78. The van der Waals surface area contributed by atoms with Crippen molar-refractivity contribution in [1.29, 1.82) is 0 Å². The van der Waals surface area contributed by atoms with E-state index in [4.69, 9.17) is 9.47 Å². The van der Waals surface area contributed by atoms with Crippen molar-refractivity contribution in [2.24, 2.45) is 11.8 Å². The molecule has 1 aliphatic carbocycles. The smallest absolute Gasteiger partial charge is 0.186 e. The lowest BCUT2D eigenvalue weighted by atomic mass is 9.86. The monoisotopic (exact) mass is 715 g/mol. The molecule has 10 heteroatoms. The summed E-state index contributed by atoms with van der Waals surface area (Å²) < 4.78 is 11.5. The van der Waals surface area contributed by atoms with Gasteiger partial charge in [-0.2, -0.15) is 0 Å². The van der Waals surface area contributed by atoms with Crippen LogP contribution >= 0.6 is 0 Å². The molecule has 2 saturated heterocycles. The van der Waals surface area contributed by atoms with E-state index < -0.39 is 55.4 Å². The molecule has 10 atom stereocenters. The summed E-state index contributed by atoms with van der Waals surface area (Å²) >= 11 is 0. The van der Waals surface area contributed by atoms with Crippen molar-refractivity contribution in [1.82, 2.24) is 10.9 Å². The van der Waals surface area contributed by atoms with E-state index in [0.717, 1.165) is 44.4 Å². The minimum atomic E-state index is -1.53. The van der Waals surface area contributed by atoms with Gasteiger partial charge in [0.25, 0.3) is 0 Å². The average molecular weight is 715 g/mol. The molecule has 50 heavy (non-hydrogen) atoms. The van der Waals surface area contributed by atoms with Crippen molar-refractivity contribution < 1.29 is 40.1 Å². The molecule has 296 valence electrons. The Balaban J connectivity index is 1.38. The molecule has 7 unspecified atom stereocenters. The number of aliphatic hydroxyl groups excluding tert-OH is 6. The van der Waals surface area contributed by atoms with Crippen LogP contribution in [0.15, 0.2) is 0 Å². The van der Waals surface area contributed by atoms with Crippen molar-refractivity contribution in [3.05, 3.63) is 0 Å². The maximum Gasteiger partial charge on any atom is 0.186 e. The Morgan fingerprint density at radius 3 is 1.76 bits per heavy atom. The molecule has 1 saturated carbocycles. The molecule has 10 nitrogen and oxygen atoms in total. The van der Waals surface area contributed by atoms with Gasteiger partial charge in [0.1, 0.15) is 24.4 Å². The van der Waals surface area contributed by atoms with Gasteiger partial charge < -0.3 is 40.1 Å². The van der Waals surface area contributed by atoms with Gasteiger partial charge in [-0.25, -0.2) is 0 Å². The number of aliphatic hydroxyl groups is 6. The van der Waals surface area contributed by atoms with Gasteiger partial charge in [0, 0.05) is 18.0 Å². The van der Waals surface area contributed by atoms with Crippen LogP contribution < -0.4 is 10.9 Å². The van der Waals surface area contributed by atoms with Crippen LogP contribution in [0.1, 0.15) is 174 Å². The molecule has 3 aliphatic rings. The average Bonchev–Trinajstić information content (AvgIpc) is 3.84. The fraction of sp³-hybridized carbons (Fsp3) is 1.00. The summed E-state index contributed by atoms with van der Waals surface area (Å²) in [4.78, 5) is 0. The van der Waals surface area contributed by atoms with Crippen LogP contribution in [-0.2, 0) is 9.47 Å². The molecule has 2 aliphatic heterocycles. The highest BCUT2D eigenvalue weighted by Gasteiger charge is 2.45. The lowest BCUT2D eigenvalue weighted by Crippen LogP contribution is -2.59. The van der Waals surface area contributed by atoms with Gasteiger partial charge in [0.2, 0.25) is 0 Å². The number of hydrazine groups is 1. The van der Waals surface area contributed by atoms with Gasteiger partial charge in [-0.05, 0) is 25.2 Å².